The largest absolute Gasteiger partial charge is 0.507 e. The van der Waals surface area contributed by atoms with Gasteiger partial charge in [0.15, 0.2) is 5.11 Å². The van der Waals surface area contributed by atoms with Crippen molar-refractivity contribution in [3.05, 3.63) is 63.4 Å². The van der Waals surface area contributed by atoms with E-state index in [1.54, 1.807) is 48.5 Å². The van der Waals surface area contributed by atoms with Gasteiger partial charge >= 0.3 is 5.97 Å². The average Bonchev–Trinajstić information content (AvgIpc) is 2.89. The molecule has 0 saturated carbocycles. The van der Waals surface area contributed by atoms with Gasteiger partial charge in [-0.05, 0) is 70.7 Å². The van der Waals surface area contributed by atoms with Crippen molar-refractivity contribution >= 4 is 63.6 Å². The van der Waals surface area contributed by atoms with Gasteiger partial charge in [-0.1, -0.05) is 24.3 Å². The fourth-order valence-electron chi connectivity index (χ4n) is 2.60. The quantitative estimate of drug-likeness (QED) is 0.305. The highest BCUT2D eigenvalue weighted by Gasteiger charge is 2.40. The predicted octanol–water partition coefficient (Wildman–Crippen LogP) is 3.14. The molecule has 1 aliphatic rings. The highest BCUT2D eigenvalue weighted by Crippen LogP contribution is 2.30. The number of nitrogens with zero attached hydrogens (tertiary/aromatic N) is 2. The number of thiocarbonyl (C=S) groups is 1. The molecule has 2 aromatic rings. The van der Waals surface area contributed by atoms with Crippen LogP contribution in [0.2, 0.25) is 0 Å². The molecule has 8 heteroatoms. The zero-order chi connectivity index (χ0) is 19.6. The van der Waals surface area contributed by atoms with Gasteiger partial charge in [-0.3, -0.25) is 14.5 Å². The number of hydrogen-bond donors (Lipinski definition) is 1. The molecule has 0 bridgehead atoms. The molecule has 1 aliphatic heterocycles. The zero-order valence-electron chi connectivity index (χ0n) is 14.3. The molecule has 6 nitrogen and oxygen atoms in total. The molecule has 1 heterocycles. The first-order valence-corrected chi connectivity index (χ1v) is 9.39. The summed E-state index contributed by atoms with van der Waals surface area (Å²) in [5.41, 5.74) is 1.58. The number of para-hydroxylation sites is 1. The molecule has 0 aliphatic carbocycles. The second-order valence-corrected chi connectivity index (χ2v) is 7.19. The van der Waals surface area contributed by atoms with E-state index in [-0.39, 0.29) is 29.0 Å². The van der Waals surface area contributed by atoms with E-state index in [4.69, 9.17) is 17.0 Å². The maximum Gasteiger partial charge on any atom is 0.325 e. The summed E-state index contributed by atoms with van der Waals surface area (Å²) in [6, 6.07) is 14.0. The fourth-order valence-corrected chi connectivity index (χ4v) is 3.49. The number of amides is 1. The van der Waals surface area contributed by atoms with Crippen LogP contribution >= 0.6 is 34.8 Å². The molecular formula is C19H15IN2O4S. The van der Waals surface area contributed by atoms with Gasteiger partial charge in [0.05, 0.1) is 16.4 Å². The summed E-state index contributed by atoms with van der Waals surface area (Å²) >= 11 is 7.47. The van der Waals surface area contributed by atoms with Crippen molar-refractivity contribution in [2.24, 2.45) is 0 Å². The minimum absolute atomic E-state index is 0.156. The maximum absolute atomic E-state index is 13.1. The highest BCUT2D eigenvalue weighted by atomic mass is 127. The number of benzene rings is 2. The van der Waals surface area contributed by atoms with E-state index in [0.717, 1.165) is 0 Å². The van der Waals surface area contributed by atoms with Crippen molar-refractivity contribution in [3.63, 3.8) is 0 Å². The van der Waals surface area contributed by atoms with Gasteiger partial charge in [0.1, 0.15) is 18.0 Å². The molecule has 3 rings (SSSR count). The first kappa shape index (κ1) is 19.3. The average molecular weight is 494 g/mol. The van der Waals surface area contributed by atoms with Crippen molar-refractivity contribution < 1.29 is 19.4 Å². The number of aromatic hydroxyl groups is 1. The summed E-state index contributed by atoms with van der Waals surface area (Å²) in [7, 11) is 1.28. The Morgan fingerprint density at radius 1 is 1.26 bits per heavy atom. The Hall–Kier alpha value is -2.46. The summed E-state index contributed by atoms with van der Waals surface area (Å²) in [6.45, 7) is -0.175. The Kier molecular flexibility index (Phi) is 5.76. The van der Waals surface area contributed by atoms with E-state index in [1.165, 1.54) is 16.9 Å². The van der Waals surface area contributed by atoms with E-state index in [1.807, 2.05) is 28.7 Å². The number of anilines is 1. The smallest absolute Gasteiger partial charge is 0.325 e. The van der Waals surface area contributed by atoms with Crippen molar-refractivity contribution in [1.82, 2.24) is 4.90 Å². The molecule has 1 fully saturated rings. The van der Waals surface area contributed by atoms with Crippen LogP contribution in [0.4, 0.5) is 5.69 Å². The normalized spacial score (nSPS) is 15.6. The Bertz CT molecular complexity index is 946. The number of phenolic OH excluding ortho intramolecular Hbond substituents is 1. The molecule has 0 atom stereocenters. The Morgan fingerprint density at radius 3 is 2.59 bits per heavy atom. The van der Waals surface area contributed by atoms with Crippen LogP contribution in [0.15, 0.2) is 54.2 Å². The first-order chi connectivity index (χ1) is 12.9. The summed E-state index contributed by atoms with van der Waals surface area (Å²) in [5, 5.41) is 9.90. The number of methoxy groups -OCH3 is 1. The van der Waals surface area contributed by atoms with Crippen molar-refractivity contribution in [1.29, 1.82) is 0 Å². The molecule has 27 heavy (non-hydrogen) atoms. The molecule has 0 unspecified atom stereocenters. The number of phenols is 1. The first-order valence-electron chi connectivity index (χ1n) is 7.90. The maximum atomic E-state index is 13.1. The van der Waals surface area contributed by atoms with Gasteiger partial charge in [-0.2, -0.15) is 0 Å². The molecular weight excluding hydrogens is 479 g/mol. The van der Waals surface area contributed by atoms with Gasteiger partial charge < -0.3 is 14.7 Å². The van der Waals surface area contributed by atoms with Crippen LogP contribution in [0, 0.1) is 3.57 Å². The number of carbonyl (C=O) groups excluding carboxylic acids is 2. The molecule has 1 N–H and O–H groups in total. The number of hydrogen-bond acceptors (Lipinski definition) is 5. The Morgan fingerprint density at radius 2 is 1.96 bits per heavy atom. The summed E-state index contributed by atoms with van der Waals surface area (Å²) in [6.07, 6.45) is 1.64. The van der Waals surface area contributed by atoms with E-state index in [9.17, 15) is 14.7 Å². The van der Waals surface area contributed by atoms with E-state index in [2.05, 4.69) is 0 Å². The lowest BCUT2D eigenvalue weighted by Gasteiger charge is -2.19. The molecule has 1 saturated heterocycles. The lowest BCUT2D eigenvalue weighted by molar-refractivity contribution is -0.140. The van der Waals surface area contributed by atoms with Crippen LogP contribution in [-0.2, 0) is 14.3 Å². The third-order valence-corrected chi connectivity index (χ3v) is 5.21. The van der Waals surface area contributed by atoms with Gasteiger partial charge in [-0.25, -0.2) is 0 Å². The molecule has 0 spiro atoms. The SMILES string of the molecule is COC(=O)CN1C(=S)N(c2ccccc2)C(=O)/C1=C/c1ccc(O)c(I)c1. The number of halogens is 1. The zero-order valence-corrected chi connectivity index (χ0v) is 17.2. The van der Waals surface area contributed by atoms with Crippen molar-refractivity contribution in [2.75, 3.05) is 18.6 Å². The molecule has 1 amide bonds. The monoisotopic (exact) mass is 494 g/mol. The number of ether oxygens (including phenoxy) is 1. The minimum Gasteiger partial charge on any atom is -0.507 e. The highest BCUT2D eigenvalue weighted by molar-refractivity contribution is 14.1. The van der Waals surface area contributed by atoms with Gasteiger partial charge in [0.2, 0.25) is 0 Å². The van der Waals surface area contributed by atoms with Crippen LogP contribution in [0.5, 0.6) is 5.75 Å². The van der Waals surface area contributed by atoms with Crippen LogP contribution in [-0.4, -0.2) is 40.6 Å². The van der Waals surface area contributed by atoms with E-state index < -0.39 is 5.97 Å². The van der Waals surface area contributed by atoms with Crippen molar-refractivity contribution in [3.8, 4) is 5.75 Å². The van der Waals surface area contributed by atoms with Crippen molar-refractivity contribution in [2.45, 2.75) is 0 Å². The topological polar surface area (TPSA) is 70.1 Å². The Labute approximate surface area is 175 Å². The third kappa shape index (κ3) is 3.96. The second kappa shape index (κ2) is 8.05. The molecule has 2 aromatic carbocycles. The molecule has 138 valence electrons. The van der Waals surface area contributed by atoms with Crippen LogP contribution in [0.1, 0.15) is 5.56 Å². The van der Waals surface area contributed by atoms with Gasteiger partial charge in [0.25, 0.3) is 5.91 Å². The summed E-state index contributed by atoms with van der Waals surface area (Å²) in [5.74, 6) is -0.687. The molecule has 0 radical (unpaired) electrons. The predicted molar refractivity (Wildman–Crippen MR) is 114 cm³/mol. The third-order valence-electron chi connectivity index (χ3n) is 3.94. The van der Waals surface area contributed by atoms with Gasteiger partial charge in [-0.15, -0.1) is 0 Å². The van der Waals surface area contributed by atoms with E-state index >= 15 is 0 Å². The Balaban J connectivity index is 2.06. The van der Waals surface area contributed by atoms with Gasteiger partial charge in [0, 0.05) is 0 Å². The second-order valence-electron chi connectivity index (χ2n) is 5.66. The van der Waals surface area contributed by atoms with Crippen LogP contribution < -0.4 is 4.90 Å². The number of rotatable bonds is 4. The van der Waals surface area contributed by atoms with Crippen LogP contribution in [0.3, 0.4) is 0 Å². The summed E-state index contributed by atoms with van der Waals surface area (Å²) in [4.78, 5) is 27.8. The number of esters is 1. The lowest BCUT2D eigenvalue weighted by atomic mass is 10.1. The standard InChI is InChI=1S/C19H15IN2O4S/c1-26-17(24)11-21-15(10-12-7-8-16(23)14(20)9-12)18(25)22(19(21)27)13-5-3-2-4-6-13/h2-10,23H,11H2,1H3/b15-10-. The minimum atomic E-state index is -0.508. The number of carbonyl (C=O) groups is 2. The lowest BCUT2D eigenvalue weighted by Crippen LogP contribution is -2.35. The summed E-state index contributed by atoms with van der Waals surface area (Å²) < 4.78 is 5.39. The van der Waals surface area contributed by atoms with Crippen LogP contribution in [0.25, 0.3) is 6.08 Å². The van der Waals surface area contributed by atoms with E-state index in [0.29, 0.717) is 14.8 Å². The molecule has 0 aromatic heterocycles. The fraction of sp³-hybridized carbons (Fsp3) is 0.105.